The molecule has 0 unspecified atom stereocenters. The molecule has 0 spiro atoms. The van der Waals surface area contributed by atoms with Gasteiger partial charge in [0.05, 0.1) is 4.90 Å². The lowest BCUT2D eigenvalue weighted by Gasteiger charge is -2.35. The molecule has 8 nitrogen and oxygen atoms in total. The van der Waals surface area contributed by atoms with E-state index in [9.17, 15) is 23.1 Å². The predicted molar refractivity (Wildman–Crippen MR) is 96.8 cm³/mol. The zero-order chi connectivity index (χ0) is 19.7. The number of likely N-dealkylation sites (tertiary alicyclic amines) is 1. The number of piperidine rings is 2. The van der Waals surface area contributed by atoms with E-state index >= 15 is 0 Å². The van der Waals surface area contributed by atoms with Gasteiger partial charge in [0.15, 0.2) is 5.60 Å². The van der Waals surface area contributed by atoms with E-state index in [1.54, 1.807) is 12.1 Å². The number of aliphatic carboxylic acids is 1. The molecular weight excluding hydrogens is 372 g/mol. The molecular formula is C18H24N2O6S. The Morgan fingerprint density at radius 3 is 2.22 bits per heavy atom. The van der Waals surface area contributed by atoms with Crippen molar-refractivity contribution >= 4 is 21.9 Å². The molecule has 2 heterocycles. The number of benzene rings is 1. The molecule has 2 aliphatic heterocycles. The number of sulfonamides is 1. The molecule has 1 aromatic rings. The second kappa shape index (κ2) is 7.57. The van der Waals surface area contributed by atoms with E-state index < -0.39 is 21.6 Å². The number of rotatable bonds is 4. The average Bonchev–Trinajstić information content (AvgIpc) is 2.69. The van der Waals surface area contributed by atoms with Crippen LogP contribution in [0.15, 0.2) is 29.2 Å². The van der Waals surface area contributed by atoms with Gasteiger partial charge in [-0.1, -0.05) is 12.5 Å². The molecule has 2 fully saturated rings. The first-order chi connectivity index (χ1) is 12.7. The molecule has 3 rings (SSSR count). The Kier molecular flexibility index (Phi) is 5.55. The van der Waals surface area contributed by atoms with Crippen molar-refractivity contribution < 1.29 is 28.2 Å². The molecule has 0 aromatic heterocycles. The lowest BCUT2D eigenvalue weighted by molar-refractivity contribution is -0.162. The second-order valence-electron chi connectivity index (χ2n) is 7.12. The van der Waals surface area contributed by atoms with Gasteiger partial charge in [0.2, 0.25) is 10.0 Å². The highest BCUT2D eigenvalue weighted by Gasteiger charge is 2.40. The van der Waals surface area contributed by atoms with E-state index in [4.69, 9.17) is 5.11 Å². The van der Waals surface area contributed by atoms with E-state index in [0.717, 1.165) is 19.3 Å². The van der Waals surface area contributed by atoms with Crippen LogP contribution < -0.4 is 0 Å². The van der Waals surface area contributed by atoms with Crippen LogP contribution in [-0.2, 0) is 14.8 Å². The highest BCUT2D eigenvalue weighted by Crippen LogP contribution is 2.25. The van der Waals surface area contributed by atoms with Gasteiger partial charge in [-0.3, -0.25) is 4.79 Å². The summed E-state index contributed by atoms with van der Waals surface area (Å²) in [4.78, 5) is 25.4. The molecule has 2 N–H and O–H groups in total. The molecule has 0 bridgehead atoms. The van der Waals surface area contributed by atoms with Crippen molar-refractivity contribution in [3.63, 3.8) is 0 Å². The monoisotopic (exact) mass is 396 g/mol. The minimum atomic E-state index is -3.63. The molecule has 0 radical (unpaired) electrons. The lowest BCUT2D eigenvalue weighted by atomic mass is 9.91. The van der Waals surface area contributed by atoms with Crippen LogP contribution in [0.25, 0.3) is 0 Å². The van der Waals surface area contributed by atoms with Crippen LogP contribution in [0.3, 0.4) is 0 Å². The third kappa shape index (κ3) is 3.99. The maximum Gasteiger partial charge on any atom is 0.335 e. The van der Waals surface area contributed by atoms with Crippen LogP contribution in [0.5, 0.6) is 0 Å². The Hall–Kier alpha value is -1.97. The third-order valence-electron chi connectivity index (χ3n) is 5.31. The van der Waals surface area contributed by atoms with E-state index in [0.29, 0.717) is 13.1 Å². The van der Waals surface area contributed by atoms with Gasteiger partial charge in [-0.05, 0) is 31.0 Å². The summed E-state index contributed by atoms with van der Waals surface area (Å²) < 4.78 is 27.1. The number of carboxylic acids is 1. The summed E-state index contributed by atoms with van der Waals surface area (Å²) in [5.41, 5.74) is -1.56. The molecule has 1 aromatic carbocycles. The topological polar surface area (TPSA) is 115 Å². The summed E-state index contributed by atoms with van der Waals surface area (Å²) in [6.45, 7) is 1.18. The first-order valence-electron chi connectivity index (χ1n) is 9.09. The maximum atomic E-state index is 12.8. The van der Waals surface area contributed by atoms with Crippen molar-refractivity contribution in [1.82, 2.24) is 9.21 Å². The predicted octanol–water partition coefficient (Wildman–Crippen LogP) is 0.913. The smallest absolute Gasteiger partial charge is 0.335 e. The van der Waals surface area contributed by atoms with E-state index in [-0.39, 0.29) is 42.3 Å². The molecule has 0 saturated carbocycles. The van der Waals surface area contributed by atoms with Crippen molar-refractivity contribution in [3.8, 4) is 0 Å². The van der Waals surface area contributed by atoms with E-state index in [1.165, 1.54) is 21.3 Å². The van der Waals surface area contributed by atoms with Gasteiger partial charge in [0.1, 0.15) is 0 Å². The highest BCUT2D eigenvalue weighted by atomic mass is 32.2. The average molecular weight is 396 g/mol. The molecule has 2 aliphatic rings. The van der Waals surface area contributed by atoms with Crippen LogP contribution in [0.2, 0.25) is 0 Å². The largest absolute Gasteiger partial charge is 0.479 e. The number of amides is 1. The number of hydrogen-bond donors (Lipinski definition) is 2. The summed E-state index contributed by atoms with van der Waals surface area (Å²) in [5, 5.41) is 19.1. The quantitative estimate of drug-likeness (QED) is 0.782. The maximum absolute atomic E-state index is 12.8. The zero-order valence-electron chi connectivity index (χ0n) is 15.0. The van der Waals surface area contributed by atoms with E-state index in [2.05, 4.69) is 0 Å². The molecule has 2 saturated heterocycles. The van der Waals surface area contributed by atoms with Gasteiger partial charge in [0, 0.05) is 44.6 Å². The SMILES string of the molecule is O=C(c1cccc(S(=O)(=O)N2CCCCC2)c1)N1CCC(O)(C(=O)O)CC1. The normalized spacial score (nSPS) is 21.0. The fourth-order valence-electron chi connectivity index (χ4n) is 3.52. The minimum absolute atomic E-state index is 0.0557. The minimum Gasteiger partial charge on any atom is -0.479 e. The molecule has 1 amide bonds. The van der Waals surface area contributed by atoms with Crippen molar-refractivity contribution in [1.29, 1.82) is 0 Å². The molecule has 0 aliphatic carbocycles. The summed E-state index contributed by atoms with van der Waals surface area (Å²) in [6, 6.07) is 5.96. The van der Waals surface area contributed by atoms with Gasteiger partial charge < -0.3 is 15.1 Å². The van der Waals surface area contributed by atoms with Gasteiger partial charge >= 0.3 is 5.97 Å². The van der Waals surface area contributed by atoms with Crippen molar-refractivity contribution in [2.45, 2.75) is 42.6 Å². The zero-order valence-corrected chi connectivity index (χ0v) is 15.8. The number of nitrogens with zero attached hydrogens (tertiary/aromatic N) is 2. The first kappa shape index (κ1) is 19.8. The Balaban J connectivity index is 1.76. The number of aliphatic hydroxyl groups is 1. The standard InChI is InChI=1S/C18H24N2O6S/c21-16(19-11-7-18(24,8-12-19)17(22)23)14-5-4-6-15(13-14)27(25,26)20-9-2-1-3-10-20/h4-6,13,24H,1-3,7-12H2,(H,22,23). The van der Waals surface area contributed by atoms with Crippen molar-refractivity contribution in [3.05, 3.63) is 29.8 Å². The van der Waals surface area contributed by atoms with Gasteiger partial charge in [-0.15, -0.1) is 0 Å². The van der Waals surface area contributed by atoms with Crippen molar-refractivity contribution in [2.75, 3.05) is 26.2 Å². The molecule has 9 heteroatoms. The number of carbonyl (C=O) groups is 2. The Morgan fingerprint density at radius 1 is 1.00 bits per heavy atom. The van der Waals surface area contributed by atoms with Gasteiger partial charge in [-0.2, -0.15) is 4.31 Å². The number of carboxylic acid groups (broad SMARTS) is 1. The summed E-state index contributed by atoms with van der Waals surface area (Å²) in [7, 11) is -3.63. The Morgan fingerprint density at radius 2 is 1.63 bits per heavy atom. The third-order valence-corrected chi connectivity index (χ3v) is 7.20. The van der Waals surface area contributed by atoms with Gasteiger partial charge in [-0.25, -0.2) is 13.2 Å². The fraction of sp³-hybridized carbons (Fsp3) is 0.556. The van der Waals surface area contributed by atoms with Crippen LogP contribution in [0.4, 0.5) is 0 Å². The summed E-state index contributed by atoms with van der Waals surface area (Å²) in [6.07, 6.45) is 2.57. The lowest BCUT2D eigenvalue weighted by Crippen LogP contribution is -2.50. The Labute approximate surface area is 158 Å². The van der Waals surface area contributed by atoms with Gasteiger partial charge in [0.25, 0.3) is 5.91 Å². The van der Waals surface area contributed by atoms with Crippen LogP contribution in [-0.4, -0.2) is 71.5 Å². The first-order valence-corrected chi connectivity index (χ1v) is 10.5. The molecule has 0 atom stereocenters. The van der Waals surface area contributed by atoms with Crippen LogP contribution in [0.1, 0.15) is 42.5 Å². The van der Waals surface area contributed by atoms with Crippen molar-refractivity contribution in [2.24, 2.45) is 0 Å². The molecule has 148 valence electrons. The van der Waals surface area contributed by atoms with Crippen LogP contribution >= 0.6 is 0 Å². The fourth-order valence-corrected chi connectivity index (χ4v) is 5.08. The van der Waals surface area contributed by atoms with Crippen LogP contribution in [0, 0.1) is 0 Å². The number of hydrogen-bond acceptors (Lipinski definition) is 5. The van der Waals surface area contributed by atoms with E-state index in [1.807, 2.05) is 0 Å². The number of carbonyl (C=O) groups excluding carboxylic acids is 1. The molecule has 27 heavy (non-hydrogen) atoms. The second-order valence-corrected chi connectivity index (χ2v) is 9.06. The highest BCUT2D eigenvalue weighted by molar-refractivity contribution is 7.89. The Bertz CT molecular complexity index is 824. The summed E-state index contributed by atoms with van der Waals surface area (Å²) in [5.74, 6) is -1.65. The summed E-state index contributed by atoms with van der Waals surface area (Å²) >= 11 is 0.